The van der Waals surface area contributed by atoms with Gasteiger partial charge in [-0.25, -0.2) is 4.68 Å². The van der Waals surface area contributed by atoms with E-state index in [-0.39, 0.29) is 11.1 Å². The Balaban J connectivity index is 1.83. The van der Waals surface area contributed by atoms with Gasteiger partial charge in [-0.05, 0) is 39.0 Å². The Kier molecular flexibility index (Phi) is 6.14. The number of nitrogens with zero attached hydrogens (tertiary/aromatic N) is 3. The quantitative estimate of drug-likeness (QED) is 0.461. The van der Waals surface area contributed by atoms with Crippen molar-refractivity contribution in [2.75, 3.05) is 12.4 Å². The van der Waals surface area contributed by atoms with Crippen LogP contribution in [0.1, 0.15) is 44.9 Å². The van der Waals surface area contributed by atoms with Crippen molar-refractivity contribution in [3.8, 4) is 0 Å². The van der Waals surface area contributed by atoms with Gasteiger partial charge in [-0.1, -0.05) is 23.4 Å². The van der Waals surface area contributed by atoms with E-state index in [1.165, 1.54) is 18.4 Å². The number of amides is 1. The van der Waals surface area contributed by atoms with Gasteiger partial charge in [-0.3, -0.25) is 4.79 Å². The van der Waals surface area contributed by atoms with Crippen molar-refractivity contribution in [1.82, 2.24) is 20.2 Å². The first-order valence-corrected chi connectivity index (χ1v) is 8.57. The smallest absolute Gasteiger partial charge is 0.355 e. The summed E-state index contributed by atoms with van der Waals surface area (Å²) in [6.45, 7) is 2.10. The van der Waals surface area contributed by atoms with Gasteiger partial charge in [0.05, 0.1) is 5.25 Å². The van der Waals surface area contributed by atoms with Gasteiger partial charge in [0.25, 0.3) is 5.82 Å². The first-order chi connectivity index (χ1) is 11.3. The standard InChI is InChI=1S/C14H20F3N5OS/c1-9(11(23)19-8-7-10-5-3-2-4-6-10)24-13-21-20-12(22(13)18)14(15,16)17/h5,9H,2-4,6-8,18H2,1H3,(H,19,23)/t9-/m0/s1. The number of aromatic nitrogens is 3. The van der Waals surface area contributed by atoms with E-state index in [1.807, 2.05) is 0 Å². The number of hydrogen-bond donors (Lipinski definition) is 2. The summed E-state index contributed by atoms with van der Waals surface area (Å²) in [6, 6.07) is 0. The zero-order chi connectivity index (χ0) is 17.7. The highest BCUT2D eigenvalue weighted by Crippen LogP contribution is 2.30. The number of nitrogen functional groups attached to an aromatic ring is 1. The van der Waals surface area contributed by atoms with Crippen molar-refractivity contribution in [3.63, 3.8) is 0 Å². The van der Waals surface area contributed by atoms with Crippen molar-refractivity contribution < 1.29 is 18.0 Å². The van der Waals surface area contributed by atoms with E-state index in [1.54, 1.807) is 6.92 Å². The molecule has 1 atom stereocenters. The fourth-order valence-corrected chi connectivity index (χ4v) is 3.18. The van der Waals surface area contributed by atoms with Crippen molar-refractivity contribution >= 4 is 17.7 Å². The monoisotopic (exact) mass is 363 g/mol. The van der Waals surface area contributed by atoms with Crippen molar-refractivity contribution in [3.05, 3.63) is 17.5 Å². The Hall–Kier alpha value is -1.71. The lowest BCUT2D eigenvalue weighted by atomic mass is 9.97. The summed E-state index contributed by atoms with van der Waals surface area (Å²) in [5, 5.41) is 8.43. The van der Waals surface area contributed by atoms with Gasteiger partial charge in [0, 0.05) is 6.54 Å². The number of alkyl halides is 3. The van der Waals surface area contributed by atoms with Gasteiger partial charge >= 0.3 is 6.18 Å². The van der Waals surface area contributed by atoms with Crippen molar-refractivity contribution in [2.45, 2.75) is 55.6 Å². The van der Waals surface area contributed by atoms with Crippen LogP contribution in [0.5, 0.6) is 0 Å². The summed E-state index contributed by atoms with van der Waals surface area (Å²) in [5.41, 5.74) is 1.35. The normalized spacial score (nSPS) is 16.6. The van der Waals surface area contributed by atoms with E-state index in [2.05, 4.69) is 21.6 Å². The van der Waals surface area contributed by atoms with E-state index in [9.17, 15) is 18.0 Å². The molecule has 6 nitrogen and oxygen atoms in total. The average Bonchev–Trinajstić information content (AvgIpc) is 2.89. The minimum atomic E-state index is -4.68. The van der Waals surface area contributed by atoms with Gasteiger partial charge in [-0.2, -0.15) is 13.2 Å². The summed E-state index contributed by atoms with van der Waals surface area (Å²) in [7, 11) is 0. The van der Waals surface area contributed by atoms with E-state index in [4.69, 9.17) is 5.84 Å². The maximum Gasteiger partial charge on any atom is 0.453 e. The topological polar surface area (TPSA) is 85.8 Å². The predicted octanol–water partition coefficient (Wildman–Crippen LogP) is 2.50. The van der Waals surface area contributed by atoms with E-state index < -0.39 is 17.3 Å². The summed E-state index contributed by atoms with van der Waals surface area (Å²) in [4.78, 5) is 12.0. The number of thioether (sulfide) groups is 1. The number of nitrogens with two attached hydrogens (primary N) is 1. The first kappa shape index (κ1) is 18.6. The number of carbonyl (C=O) groups is 1. The lowest BCUT2D eigenvalue weighted by Gasteiger charge is -2.14. The molecule has 24 heavy (non-hydrogen) atoms. The van der Waals surface area contributed by atoms with Crippen LogP contribution in [0.3, 0.4) is 0 Å². The average molecular weight is 363 g/mol. The second kappa shape index (κ2) is 7.91. The van der Waals surface area contributed by atoms with Gasteiger partial charge in [0.2, 0.25) is 11.1 Å². The molecule has 2 rings (SSSR count). The van der Waals surface area contributed by atoms with Gasteiger partial charge < -0.3 is 11.2 Å². The van der Waals surface area contributed by atoms with Crippen LogP contribution in [0.4, 0.5) is 13.2 Å². The summed E-state index contributed by atoms with van der Waals surface area (Å²) in [5.74, 6) is 3.79. The molecule has 0 aromatic carbocycles. The van der Waals surface area contributed by atoms with Crippen LogP contribution in [0.15, 0.2) is 16.8 Å². The molecule has 1 aliphatic rings. The lowest BCUT2D eigenvalue weighted by molar-refractivity contribution is -0.146. The molecule has 1 aromatic heterocycles. The molecule has 0 spiro atoms. The lowest BCUT2D eigenvalue weighted by Crippen LogP contribution is -2.32. The van der Waals surface area contributed by atoms with E-state index in [0.717, 1.165) is 31.0 Å². The zero-order valence-electron chi connectivity index (χ0n) is 13.3. The highest BCUT2D eigenvalue weighted by atomic mass is 32.2. The zero-order valence-corrected chi connectivity index (χ0v) is 14.1. The Labute approximate surface area is 142 Å². The number of rotatable bonds is 6. The number of allylic oxidation sites excluding steroid dienone is 1. The molecule has 0 aliphatic heterocycles. The maximum absolute atomic E-state index is 12.6. The second-order valence-electron chi connectivity index (χ2n) is 5.58. The van der Waals surface area contributed by atoms with Crippen LogP contribution in [0.25, 0.3) is 0 Å². The molecule has 1 heterocycles. The Bertz CT molecular complexity index is 614. The number of halogens is 3. The van der Waals surface area contributed by atoms with Crippen molar-refractivity contribution in [1.29, 1.82) is 0 Å². The maximum atomic E-state index is 12.6. The molecular formula is C14H20F3N5OS. The summed E-state index contributed by atoms with van der Waals surface area (Å²) < 4.78 is 38.2. The molecule has 0 unspecified atom stereocenters. The molecule has 1 amide bonds. The van der Waals surface area contributed by atoms with Crippen LogP contribution in [-0.2, 0) is 11.0 Å². The van der Waals surface area contributed by atoms with Gasteiger partial charge in [-0.15, -0.1) is 10.2 Å². The number of carbonyl (C=O) groups excluding carboxylic acids is 1. The minimum Gasteiger partial charge on any atom is -0.355 e. The molecule has 0 bridgehead atoms. The molecule has 10 heteroatoms. The third-order valence-electron chi connectivity index (χ3n) is 3.70. The van der Waals surface area contributed by atoms with Gasteiger partial charge in [0.15, 0.2) is 0 Å². The summed E-state index contributed by atoms with van der Waals surface area (Å²) in [6.07, 6.45) is 2.88. The van der Waals surface area contributed by atoms with E-state index in [0.29, 0.717) is 11.2 Å². The Morgan fingerprint density at radius 1 is 1.46 bits per heavy atom. The minimum absolute atomic E-state index is 0.153. The fourth-order valence-electron chi connectivity index (χ4n) is 2.38. The molecule has 0 fully saturated rings. The van der Waals surface area contributed by atoms with Crippen LogP contribution < -0.4 is 11.2 Å². The molecule has 3 N–H and O–H groups in total. The fraction of sp³-hybridized carbons (Fsp3) is 0.643. The van der Waals surface area contributed by atoms with Crippen molar-refractivity contribution in [2.24, 2.45) is 0 Å². The molecule has 134 valence electrons. The van der Waals surface area contributed by atoms with Crippen LogP contribution in [-0.4, -0.2) is 32.6 Å². The van der Waals surface area contributed by atoms with Crippen LogP contribution in [0.2, 0.25) is 0 Å². The molecule has 1 aromatic rings. The third kappa shape index (κ3) is 4.89. The van der Waals surface area contributed by atoms with Gasteiger partial charge in [0.1, 0.15) is 0 Å². The van der Waals surface area contributed by atoms with E-state index >= 15 is 0 Å². The largest absolute Gasteiger partial charge is 0.453 e. The molecule has 1 aliphatic carbocycles. The number of nitrogens with one attached hydrogen (secondary N) is 1. The first-order valence-electron chi connectivity index (χ1n) is 7.69. The molecular weight excluding hydrogens is 343 g/mol. The predicted molar refractivity (Wildman–Crippen MR) is 84.7 cm³/mol. The highest BCUT2D eigenvalue weighted by Gasteiger charge is 2.38. The molecule has 0 saturated carbocycles. The Morgan fingerprint density at radius 2 is 2.21 bits per heavy atom. The third-order valence-corrected chi connectivity index (χ3v) is 4.76. The van der Waals surface area contributed by atoms with Crippen LogP contribution >= 0.6 is 11.8 Å². The summed E-state index contributed by atoms with van der Waals surface area (Å²) >= 11 is 0.839. The SMILES string of the molecule is C[C@H](Sc1nnc(C(F)(F)F)n1N)C(=O)NCCC1=CCCCC1. The number of hydrogen-bond acceptors (Lipinski definition) is 5. The van der Waals surface area contributed by atoms with Crippen LogP contribution in [0, 0.1) is 0 Å². The highest BCUT2D eigenvalue weighted by molar-refractivity contribution is 8.00. The second-order valence-corrected chi connectivity index (χ2v) is 6.89. The molecule has 0 saturated heterocycles. The Morgan fingerprint density at radius 3 is 2.79 bits per heavy atom. The molecule has 0 radical (unpaired) electrons.